The first-order chi connectivity index (χ1) is 12.5. The standard InChI is InChI=1S/C20H31N3O2S/c1-21-11-13-22(14-12-21)18-16-23(19(24)8-15-26-2)10-9-20(18,25)17-6-4-3-5-7-17/h3-7,18,25H,8-16H2,1-2H3/t18-,20+/m1/s1. The monoisotopic (exact) mass is 377 g/mol. The lowest BCUT2D eigenvalue weighted by Crippen LogP contribution is -2.64. The van der Waals surface area contributed by atoms with Gasteiger partial charge in [0, 0.05) is 51.4 Å². The number of hydrogen-bond donors (Lipinski definition) is 1. The number of rotatable bonds is 5. The van der Waals surface area contributed by atoms with Crippen LogP contribution in [0.4, 0.5) is 0 Å². The summed E-state index contributed by atoms with van der Waals surface area (Å²) in [6, 6.07) is 9.96. The Balaban J connectivity index is 1.81. The van der Waals surface area contributed by atoms with Crippen LogP contribution in [0.2, 0.25) is 0 Å². The minimum Gasteiger partial charge on any atom is -0.383 e. The van der Waals surface area contributed by atoms with E-state index < -0.39 is 5.60 Å². The van der Waals surface area contributed by atoms with Crippen molar-refractivity contribution in [2.75, 3.05) is 58.3 Å². The van der Waals surface area contributed by atoms with Crippen LogP contribution < -0.4 is 0 Å². The minimum atomic E-state index is -0.895. The van der Waals surface area contributed by atoms with Crippen LogP contribution in [0.15, 0.2) is 30.3 Å². The second-order valence-corrected chi connectivity index (χ2v) is 8.46. The molecule has 0 bridgehead atoms. The Hall–Kier alpha value is -1.08. The van der Waals surface area contributed by atoms with Crippen LogP contribution >= 0.6 is 11.8 Å². The summed E-state index contributed by atoms with van der Waals surface area (Å²) in [6.45, 7) is 5.11. The summed E-state index contributed by atoms with van der Waals surface area (Å²) in [7, 11) is 2.14. The van der Waals surface area contributed by atoms with E-state index in [1.807, 2.05) is 41.5 Å². The number of carbonyl (C=O) groups excluding carboxylic acids is 1. The van der Waals surface area contributed by atoms with E-state index in [4.69, 9.17) is 0 Å². The molecule has 0 unspecified atom stereocenters. The number of benzene rings is 1. The van der Waals surface area contributed by atoms with E-state index in [0.717, 1.165) is 37.5 Å². The summed E-state index contributed by atoms with van der Waals surface area (Å²) >= 11 is 1.71. The zero-order chi connectivity index (χ0) is 18.6. The van der Waals surface area contributed by atoms with Gasteiger partial charge in [-0.15, -0.1) is 0 Å². The summed E-state index contributed by atoms with van der Waals surface area (Å²) in [4.78, 5) is 19.3. The van der Waals surface area contributed by atoms with Crippen molar-refractivity contribution in [1.82, 2.24) is 14.7 Å². The van der Waals surface area contributed by atoms with Crippen molar-refractivity contribution in [2.24, 2.45) is 0 Å². The molecular weight excluding hydrogens is 346 g/mol. The number of aliphatic hydroxyl groups is 1. The van der Waals surface area contributed by atoms with Crippen molar-refractivity contribution < 1.29 is 9.90 Å². The normalized spacial score (nSPS) is 28.3. The third-order valence-corrected chi connectivity index (χ3v) is 6.44. The number of likely N-dealkylation sites (N-methyl/N-ethyl adjacent to an activating group) is 1. The van der Waals surface area contributed by atoms with Crippen LogP contribution in [0.3, 0.4) is 0 Å². The maximum Gasteiger partial charge on any atom is 0.223 e. The largest absolute Gasteiger partial charge is 0.383 e. The molecule has 2 fully saturated rings. The number of carbonyl (C=O) groups is 1. The molecule has 144 valence electrons. The number of amides is 1. The molecule has 0 saturated carbocycles. The first-order valence-electron chi connectivity index (χ1n) is 9.52. The molecule has 2 saturated heterocycles. The Morgan fingerprint density at radius 3 is 2.54 bits per heavy atom. The second kappa shape index (κ2) is 8.74. The highest BCUT2D eigenvalue weighted by molar-refractivity contribution is 7.98. The van der Waals surface area contributed by atoms with E-state index in [2.05, 4.69) is 16.8 Å². The number of piperidine rings is 1. The first kappa shape index (κ1) is 19.7. The van der Waals surface area contributed by atoms with Gasteiger partial charge in [-0.05, 0) is 25.3 Å². The highest BCUT2D eigenvalue weighted by atomic mass is 32.2. The van der Waals surface area contributed by atoms with Crippen LogP contribution in [-0.4, -0.2) is 90.1 Å². The molecule has 5 nitrogen and oxygen atoms in total. The van der Waals surface area contributed by atoms with E-state index in [-0.39, 0.29) is 11.9 Å². The Morgan fingerprint density at radius 2 is 1.88 bits per heavy atom. The molecule has 0 radical (unpaired) electrons. The minimum absolute atomic E-state index is 0.0504. The fraction of sp³-hybridized carbons (Fsp3) is 0.650. The maximum absolute atomic E-state index is 12.6. The summed E-state index contributed by atoms with van der Waals surface area (Å²) in [5.41, 5.74) is 0.0770. The molecular formula is C20H31N3O2S. The summed E-state index contributed by atoms with van der Waals surface area (Å²) < 4.78 is 0. The molecule has 2 atom stereocenters. The highest BCUT2D eigenvalue weighted by Gasteiger charge is 2.46. The molecule has 1 aromatic carbocycles. The van der Waals surface area contributed by atoms with Crippen molar-refractivity contribution in [3.8, 4) is 0 Å². The average molecular weight is 378 g/mol. The molecule has 0 spiro atoms. The fourth-order valence-corrected chi connectivity index (χ4v) is 4.49. The van der Waals surface area contributed by atoms with Gasteiger partial charge in [-0.2, -0.15) is 11.8 Å². The van der Waals surface area contributed by atoms with Gasteiger partial charge in [0.2, 0.25) is 5.91 Å². The number of hydrogen-bond acceptors (Lipinski definition) is 5. The Labute approximate surface area is 161 Å². The summed E-state index contributed by atoms with van der Waals surface area (Å²) in [6.07, 6.45) is 3.21. The lowest BCUT2D eigenvalue weighted by atomic mass is 9.79. The van der Waals surface area contributed by atoms with E-state index in [0.29, 0.717) is 25.9 Å². The van der Waals surface area contributed by atoms with Crippen molar-refractivity contribution in [3.63, 3.8) is 0 Å². The first-order valence-corrected chi connectivity index (χ1v) is 10.9. The molecule has 0 aliphatic carbocycles. The van der Waals surface area contributed by atoms with E-state index >= 15 is 0 Å². The number of thioether (sulfide) groups is 1. The highest BCUT2D eigenvalue weighted by Crippen LogP contribution is 2.36. The molecule has 1 N–H and O–H groups in total. The van der Waals surface area contributed by atoms with Gasteiger partial charge in [0.15, 0.2) is 0 Å². The third kappa shape index (κ3) is 4.25. The van der Waals surface area contributed by atoms with Crippen molar-refractivity contribution in [2.45, 2.75) is 24.5 Å². The topological polar surface area (TPSA) is 47.0 Å². The third-order valence-electron chi connectivity index (χ3n) is 5.83. The molecule has 6 heteroatoms. The van der Waals surface area contributed by atoms with Crippen molar-refractivity contribution in [1.29, 1.82) is 0 Å². The van der Waals surface area contributed by atoms with Crippen LogP contribution in [0.25, 0.3) is 0 Å². The average Bonchev–Trinajstić information content (AvgIpc) is 2.68. The molecule has 1 aromatic rings. The molecule has 2 aliphatic heterocycles. The van der Waals surface area contributed by atoms with Gasteiger partial charge in [0.05, 0.1) is 6.04 Å². The Morgan fingerprint density at radius 1 is 1.19 bits per heavy atom. The van der Waals surface area contributed by atoms with Crippen LogP contribution in [0.5, 0.6) is 0 Å². The molecule has 26 heavy (non-hydrogen) atoms. The van der Waals surface area contributed by atoms with Gasteiger partial charge in [-0.1, -0.05) is 30.3 Å². The zero-order valence-corrected chi connectivity index (χ0v) is 16.7. The van der Waals surface area contributed by atoms with Gasteiger partial charge in [0.25, 0.3) is 0 Å². The number of piperazine rings is 1. The molecule has 2 heterocycles. The van der Waals surface area contributed by atoms with E-state index in [1.54, 1.807) is 11.8 Å². The Bertz CT molecular complexity index is 592. The summed E-state index contributed by atoms with van der Waals surface area (Å²) in [5.74, 6) is 1.07. The van der Waals surface area contributed by atoms with Gasteiger partial charge in [-0.3, -0.25) is 9.69 Å². The molecule has 1 amide bonds. The lowest BCUT2D eigenvalue weighted by Gasteiger charge is -2.51. The number of likely N-dealkylation sites (tertiary alicyclic amines) is 1. The predicted octanol–water partition coefficient (Wildman–Crippen LogP) is 1.48. The van der Waals surface area contributed by atoms with Gasteiger partial charge in [-0.25, -0.2) is 0 Å². The number of nitrogens with zero attached hydrogens (tertiary/aromatic N) is 3. The SMILES string of the molecule is CSCCC(=O)N1CC[C@](O)(c2ccccc2)[C@H](N2CCN(C)CC2)C1. The van der Waals surface area contributed by atoms with Crippen LogP contribution in [0.1, 0.15) is 18.4 Å². The van der Waals surface area contributed by atoms with Crippen LogP contribution in [0, 0.1) is 0 Å². The van der Waals surface area contributed by atoms with Crippen molar-refractivity contribution in [3.05, 3.63) is 35.9 Å². The fourth-order valence-electron chi connectivity index (χ4n) is 4.11. The predicted molar refractivity (Wildman–Crippen MR) is 107 cm³/mol. The van der Waals surface area contributed by atoms with E-state index in [9.17, 15) is 9.90 Å². The van der Waals surface area contributed by atoms with Crippen molar-refractivity contribution >= 4 is 17.7 Å². The maximum atomic E-state index is 12.6. The Kier molecular flexibility index (Phi) is 6.61. The lowest BCUT2D eigenvalue weighted by molar-refractivity contribution is -0.145. The van der Waals surface area contributed by atoms with Gasteiger partial charge >= 0.3 is 0 Å². The molecule has 2 aliphatic rings. The molecule has 0 aromatic heterocycles. The van der Waals surface area contributed by atoms with Gasteiger partial charge < -0.3 is 14.9 Å². The smallest absolute Gasteiger partial charge is 0.223 e. The zero-order valence-electron chi connectivity index (χ0n) is 15.9. The van der Waals surface area contributed by atoms with Gasteiger partial charge in [0.1, 0.15) is 5.60 Å². The van der Waals surface area contributed by atoms with Crippen LogP contribution in [-0.2, 0) is 10.4 Å². The van der Waals surface area contributed by atoms with E-state index in [1.165, 1.54) is 0 Å². The quantitative estimate of drug-likeness (QED) is 0.842. The molecule has 3 rings (SSSR count). The second-order valence-electron chi connectivity index (χ2n) is 7.48. The summed E-state index contributed by atoms with van der Waals surface area (Å²) in [5, 5.41) is 11.7.